The molecule has 138 valence electrons. The van der Waals surface area contributed by atoms with Crippen molar-refractivity contribution in [2.45, 2.75) is 13.8 Å². The van der Waals surface area contributed by atoms with Crippen LogP contribution < -0.4 is 14.2 Å². The van der Waals surface area contributed by atoms with Crippen molar-refractivity contribution in [1.82, 2.24) is 0 Å². The minimum Gasteiger partial charge on any atom is -0.482 e. The molecule has 0 fully saturated rings. The maximum atomic E-state index is 11.9. The highest BCUT2D eigenvalue weighted by molar-refractivity contribution is 9.10. The number of hydrogen-bond donors (Lipinski definition) is 0. The fourth-order valence-corrected chi connectivity index (χ4v) is 2.80. The van der Waals surface area contributed by atoms with E-state index in [9.17, 15) is 4.79 Å². The quantitative estimate of drug-likeness (QED) is 0.366. The molecule has 0 spiro atoms. The van der Waals surface area contributed by atoms with Gasteiger partial charge in [-0.2, -0.15) is 0 Å². The second-order valence-electron chi connectivity index (χ2n) is 6.11. The number of rotatable bonds is 6. The molecule has 27 heavy (non-hydrogen) atoms. The smallest absolute Gasteiger partial charge is 0.349 e. The molecule has 0 heterocycles. The van der Waals surface area contributed by atoms with Crippen molar-refractivity contribution >= 4 is 21.9 Å². The van der Waals surface area contributed by atoms with E-state index in [-0.39, 0.29) is 6.61 Å². The van der Waals surface area contributed by atoms with Gasteiger partial charge in [-0.15, -0.1) is 0 Å². The molecule has 0 atom stereocenters. The zero-order chi connectivity index (χ0) is 19.2. The maximum absolute atomic E-state index is 11.9. The van der Waals surface area contributed by atoms with E-state index in [0.717, 1.165) is 21.3 Å². The number of carbonyl (C=O) groups excluding carboxylic acids is 1. The summed E-state index contributed by atoms with van der Waals surface area (Å²) in [7, 11) is 0. The Bertz CT molecular complexity index is 898. The van der Waals surface area contributed by atoms with Gasteiger partial charge in [-0.25, -0.2) is 4.79 Å². The lowest BCUT2D eigenvalue weighted by atomic mass is 10.1. The van der Waals surface area contributed by atoms with Gasteiger partial charge in [0.15, 0.2) is 6.61 Å². The number of hydrogen-bond acceptors (Lipinski definition) is 4. The number of halogens is 1. The van der Waals surface area contributed by atoms with Gasteiger partial charge in [0.05, 0.1) is 0 Å². The van der Waals surface area contributed by atoms with Crippen molar-refractivity contribution in [3.05, 3.63) is 82.3 Å². The zero-order valence-corrected chi connectivity index (χ0v) is 16.7. The zero-order valence-electron chi connectivity index (χ0n) is 15.1. The summed E-state index contributed by atoms with van der Waals surface area (Å²) in [5.41, 5.74) is 2.29. The molecule has 3 aromatic carbocycles. The predicted molar refractivity (Wildman–Crippen MR) is 108 cm³/mol. The number of carbonyl (C=O) groups is 1. The first-order valence-electron chi connectivity index (χ1n) is 8.43. The van der Waals surface area contributed by atoms with E-state index < -0.39 is 5.97 Å². The van der Waals surface area contributed by atoms with Crippen molar-refractivity contribution in [2.24, 2.45) is 0 Å². The van der Waals surface area contributed by atoms with E-state index in [1.54, 1.807) is 48.5 Å². The summed E-state index contributed by atoms with van der Waals surface area (Å²) in [6.45, 7) is 3.89. The largest absolute Gasteiger partial charge is 0.482 e. The van der Waals surface area contributed by atoms with Crippen LogP contribution in [0.2, 0.25) is 0 Å². The molecule has 0 saturated heterocycles. The third-order valence-corrected chi connectivity index (χ3v) is 4.19. The van der Waals surface area contributed by atoms with Crippen LogP contribution in [0.15, 0.2) is 71.2 Å². The summed E-state index contributed by atoms with van der Waals surface area (Å²) in [6, 6.07) is 20.2. The van der Waals surface area contributed by atoms with Crippen LogP contribution in [-0.2, 0) is 4.79 Å². The van der Waals surface area contributed by atoms with Crippen molar-refractivity contribution in [2.75, 3.05) is 6.61 Å². The van der Waals surface area contributed by atoms with Crippen LogP contribution in [0.5, 0.6) is 23.0 Å². The van der Waals surface area contributed by atoms with E-state index >= 15 is 0 Å². The number of esters is 1. The van der Waals surface area contributed by atoms with Gasteiger partial charge in [0, 0.05) is 4.47 Å². The predicted octanol–water partition coefficient (Wildman–Crippen LogP) is 5.84. The molecule has 0 radical (unpaired) electrons. The van der Waals surface area contributed by atoms with Crippen LogP contribution in [0.3, 0.4) is 0 Å². The van der Waals surface area contributed by atoms with Crippen LogP contribution >= 0.6 is 15.9 Å². The Labute approximate surface area is 166 Å². The van der Waals surface area contributed by atoms with Gasteiger partial charge < -0.3 is 14.2 Å². The van der Waals surface area contributed by atoms with E-state index in [4.69, 9.17) is 14.2 Å². The minimum atomic E-state index is -0.465. The summed E-state index contributed by atoms with van der Waals surface area (Å²) in [5.74, 6) is 2.07. The molecule has 0 aromatic heterocycles. The standard InChI is InChI=1S/C22H19BrO4/c1-15-11-16(2)13-21(12-15)26-19-9-7-18(8-10-19)25-14-22(24)27-20-5-3-17(23)4-6-20/h3-13H,14H2,1-2H3. The molecule has 4 nitrogen and oxygen atoms in total. The SMILES string of the molecule is Cc1cc(C)cc(Oc2ccc(OCC(=O)Oc3ccc(Br)cc3)cc2)c1. The maximum Gasteiger partial charge on any atom is 0.349 e. The Kier molecular flexibility index (Phi) is 6.14. The summed E-state index contributed by atoms with van der Waals surface area (Å²) in [5, 5.41) is 0. The van der Waals surface area contributed by atoms with E-state index in [1.165, 1.54) is 0 Å². The van der Waals surface area contributed by atoms with Crippen LogP contribution in [0.1, 0.15) is 11.1 Å². The normalized spacial score (nSPS) is 10.3. The van der Waals surface area contributed by atoms with Crippen LogP contribution in [0.25, 0.3) is 0 Å². The highest BCUT2D eigenvalue weighted by atomic mass is 79.9. The highest BCUT2D eigenvalue weighted by Gasteiger charge is 2.07. The van der Waals surface area contributed by atoms with Gasteiger partial charge >= 0.3 is 5.97 Å². The molecule has 0 N–H and O–H groups in total. The molecule has 0 aliphatic carbocycles. The van der Waals surface area contributed by atoms with Gasteiger partial charge in [0.25, 0.3) is 0 Å². The Morgan fingerprint density at radius 1 is 0.778 bits per heavy atom. The van der Waals surface area contributed by atoms with Gasteiger partial charge in [0.1, 0.15) is 23.0 Å². The monoisotopic (exact) mass is 426 g/mol. The molecular weight excluding hydrogens is 408 g/mol. The first kappa shape index (κ1) is 19.0. The average Bonchev–Trinajstić information content (AvgIpc) is 2.62. The molecule has 5 heteroatoms. The molecule has 0 aliphatic heterocycles. The fraction of sp³-hybridized carbons (Fsp3) is 0.136. The van der Waals surface area contributed by atoms with E-state index in [2.05, 4.69) is 22.0 Å². The topological polar surface area (TPSA) is 44.8 Å². The molecule has 0 aliphatic rings. The fourth-order valence-electron chi connectivity index (χ4n) is 2.54. The van der Waals surface area contributed by atoms with Crippen LogP contribution in [0.4, 0.5) is 0 Å². The second kappa shape index (κ2) is 8.73. The summed E-state index contributed by atoms with van der Waals surface area (Å²) in [6.07, 6.45) is 0. The molecule has 0 saturated carbocycles. The lowest BCUT2D eigenvalue weighted by Gasteiger charge is -2.10. The third-order valence-electron chi connectivity index (χ3n) is 3.66. The minimum absolute atomic E-state index is 0.173. The molecule has 0 unspecified atom stereocenters. The number of ether oxygens (including phenoxy) is 3. The van der Waals surface area contributed by atoms with Gasteiger partial charge in [-0.3, -0.25) is 0 Å². The lowest BCUT2D eigenvalue weighted by Crippen LogP contribution is -2.17. The van der Waals surface area contributed by atoms with Gasteiger partial charge in [-0.05, 0) is 85.6 Å². The van der Waals surface area contributed by atoms with Gasteiger partial charge in [-0.1, -0.05) is 22.0 Å². The number of benzene rings is 3. The summed E-state index contributed by atoms with van der Waals surface area (Å²) in [4.78, 5) is 11.9. The Morgan fingerprint density at radius 2 is 1.33 bits per heavy atom. The van der Waals surface area contributed by atoms with E-state index in [1.807, 2.05) is 26.0 Å². The Morgan fingerprint density at radius 3 is 1.96 bits per heavy atom. The molecule has 0 bridgehead atoms. The van der Waals surface area contributed by atoms with Crippen molar-refractivity contribution in [3.63, 3.8) is 0 Å². The molecule has 0 amide bonds. The third kappa shape index (κ3) is 5.86. The van der Waals surface area contributed by atoms with Crippen LogP contribution in [0, 0.1) is 13.8 Å². The Balaban J connectivity index is 1.52. The average molecular weight is 427 g/mol. The van der Waals surface area contributed by atoms with Crippen molar-refractivity contribution in [1.29, 1.82) is 0 Å². The lowest BCUT2D eigenvalue weighted by molar-refractivity contribution is -0.136. The van der Waals surface area contributed by atoms with E-state index in [0.29, 0.717) is 17.2 Å². The number of aryl methyl sites for hydroxylation is 2. The van der Waals surface area contributed by atoms with Crippen LogP contribution in [-0.4, -0.2) is 12.6 Å². The summed E-state index contributed by atoms with van der Waals surface area (Å²) >= 11 is 3.33. The van der Waals surface area contributed by atoms with Crippen molar-refractivity contribution in [3.8, 4) is 23.0 Å². The van der Waals surface area contributed by atoms with Crippen molar-refractivity contribution < 1.29 is 19.0 Å². The summed E-state index contributed by atoms with van der Waals surface area (Å²) < 4.78 is 17.5. The van der Waals surface area contributed by atoms with Gasteiger partial charge in [0.2, 0.25) is 0 Å². The molecule has 3 rings (SSSR count). The second-order valence-corrected chi connectivity index (χ2v) is 7.03. The first-order valence-corrected chi connectivity index (χ1v) is 9.22. The first-order chi connectivity index (χ1) is 13.0. The molecular formula is C22H19BrO4. The highest BCUT2D eigenvalue weighted by Crippen LogP contribution is 2.25. The Hall–Kier alpha value is -2.79. The molecule has 3 aromatic rings.